The van der Waals surface area contributed by atoms with E-state index >= 15 is 0 Å². The third kappa shape index (κ3) is 3.82. The van der Waals surface area contributed by atoms with E-state index in [1.807, 2.05) is 0 Å². The molecule has 26 heavy (non-hydrogen) atoms. The molecule has 3 rings (SSSR count). The number of nitrogen functional groups attached to an aromatic ring is 1. The molecular weight excluding hydrogens is 374 g/mol. The maximum atomic E-state index is 12.1. The average Bonchev–Trinajstić information content (AvgIpc) is 2.98. The van der Waals surface area contributed by atoms with Crippen molar-refractivity contribution in [1.29, 1.82) is 5.26 Å². The largest absolute Gasteiger partial charge is 0.452 e. The van der Waals surface area contributed by atoms with E-state index in [1.54, 1.807) is 0 Å². The molecule has 0 atom stereocenters. The number of nitrogens with one attached hydrogen (secondary N) is 1. The minimum atomic E-state index is -0.672. The number of esters is 1. The Bertz CT molecular complexity index is 917. The number of amides is 1. The standard InChI is InChI=1S/C18H16ClN3O3S/c19-13-6-5-10(7-14(13)21)18(24)25-9-16(23)22-17-12(8-20)11-3-1-2-4-15(11)26-17/h5-7H,1-4,9,21H2,(H,22,23). The summed E-state index contributed by atoms with van der Waals surface area (Å²) in [6.07, 6.45) is 3.93. The Hall–Kier alpha value is -2.56. The summed E-state index contributed by atoms with van der Waals surface area (Å²) in [6.45, 7) is -0.450. The summed E-state index contributed by atoms with van der Waals surface area (Å²) in [5, 5.41) is 12.9. The first kappa shape index (κ1) is 18.2. The number of anilines is 2. The molecule has 0 unspecified atom stereocenters. The summed E-state index contributed by atoms with van der Waals surface area (Å²) in [4.78, 5) is 25.3. The van der Waals surface area contributed by atoms with Crippen molar-refractivity contribution in [3.63, 3.8) is 0 Å². The van der Waals surface area contributed by atoms with Gasteiger partial charge in [0, 0.05) is 4.88 Å². The molecule has 1 heterocycles. The number of carbonyl (C=O) groups excluding carboxylic acids is 2. The minimum absolute atomic E-state index is 0.212. The molecule has 8 heteroatoms. The smallest absolute Gasteiger partial charge is 0.338 e. The number of aryl methyl sites for hydroxylation is 1. The van der Waals surface area contributed by atoms with Crippen LogP contribution in [0.3, 0.4) is 0 Å². The van der Waals surface area contributed by atoms with Gasteiger partial charge >= 0.3 is 5.97 Å². The Morgan fingerprint density at radius 2 is 2.12 bits per heavy atom. The SMILES string of the molecule is N#Cc1c(NC(=O)COC(=O)c2ccc(Cl)c(N)c2)sc2c1CCCC2. The van der Waals surface area contributed by atoms with Gasteiger partial charge in [-0.1, -0.05) is 11.6 Å². The first-order chi connectivity index (χ1) is 12.5. The van der Waals surface area contributed by atoms with E-state index < -0.39 is 18.5 Å². The molecule has 0 spiro atoms. The first-order valence-corrected chi connectivity index (χ1v) is 9.25. The van der Waals surface area contributed by atoms with Gasteiger partial charge in [-0.05, 0) is 49.4 Å². The first-order valence-electron chi connectivity index (χ1n) is 8.06. The van der Waals surface area contributed by atoms with Gasteiger partial charge in [-0.25, -0.2) is 4.79 Å². The molecule has 134 valence electrons. The van der Waals surface area contributed by atoms with Gasteiger partial charge < -0.3 is 15.8 Å². The molecule has 0 aliphatic heterocycles. The third-order valence-corrected chi connectivity index (χ3v) is 5.65. The fourth-order valence-corrected chi connectivity index (χ4v) is 4.19. The zero-order valence-electron chi connectivity index (χ0n) is 13.8. The monoisotopic (exact) mass is 389 g/mol. The van der Waals surface area contributed by atoms with Crippen LogP contribution in [0.5, 0.6) is 0 Å². The quantitative estimate of drug-likeness (QED) is 0.614. The van der Waals surface area contributed by atoms with E-state index in [0.717, 1.165) is 36.1 Å². The lowest BCUT2D eigenvalue weighted by molar-refractivity contribution is -0.119. The Labute approximate surface area is 159 Å². The summed E-state index contributed by atoms with van der Waals surface area (Å²) in [5.74, 6) is -1.16. The predicted octanol–water partition coefficient (Wildman–Crippen LogP) is 3.53. The highest BCUT2D eigenvalue weighted by Gasteiger charge is 2.22. The van der Waals surface area contributed by atoms with E-state index in [2.05, 4.69) is 11.4 Å². The van der Waals surface area contributed by atoms with Gasteiger partial charge in [0.15, 0.2) is 6.61 Å². The molecule has 1 aromatic heterocycles. The normalized spacial score (nSPS) is 12.8. The van der Waals surface area contributed by atoms with Crippen LogP contribution in [0.15, 0.2) is 18.2 Å². The number of halogens is 1. The number of rotatable bonds is 4. The average molecular weight is 390 g/mol. The van der Waals surface area contributed by atoms with Crippen molar-refractivity contribution in [2.24, 2.45) is 0 Å². The predicted molar refractivity (Wildman–Crippen MR) is 100 cm³/mol. The van der Waals surface area contributed by atoms with E-state index in [1.165, 1.54) is 29.5 Å². The molecule has 1 aliphatic rings. The number of nitriles is 1. The van der Waals surface area contributed by atoms with Gasteiger partial charge in [-0.15, -0.1) is 11.3 Å². The Morgan fingerprint density at radius 3 is 2.85 bits per heavy atom. The van der Waals surface area contributed by atoms with Gasteiger partial charge in [-0.2, -0.15) is 5.26 Å². The molecule has 0 bridgehead atoms. The van der Waals surface area contributed by atoms with E-state index in [-0.39, 0.29) is 11.3 Å². The van der Waals surface area contributed by atoms with Crippen molar-refractivity contribution >= 4 is 45.5 Å². The summed E-state index contributed by atoms with van der Waals surface area (Å²) in [6, 6.07) is 6.53. The van der Waals surface area contributed by atoms with Crippen LogP contribution in [0, 0.1) is 11.3 Å². The number of hydrogen-bond acceptors (Lipinski definition) is 6. The summed E-state index contributed by atoms with van der Waals surface area (Å²) in [5.41, 5.74) is 7.68. The Morgan fingerprint density at radius 1 is 1.35 bits per heavy atom. The van der Waals surface area contributed by atoms with Crippen LogP contribution >= 0.6 is 22.9 Å². The number of fused-ring (bicyclic) bond motifs is 1. The summed E-state index contributed by atoms with van der Waals surface area (Å²) in [7, 11) is 0. The maximum Gasteiger partial charge on any atom is 0.338 e. The molecule has 1 amide bonds. The lowest BCUT2D eigenvalue weighted by Gasteiger charge is -2.09. The summed E-state index contributed by atoms with van der Waals surface area (Å²) < 4.78 is 5.00. The molecule has 0 radical (unpaired) electrons. The van der Waals surface area contributed by atoms with Crippen molar-refractivity contribution in [3.8, 4) is 6.07 Å². The lowest BCUT2D eigenvalue weighted by atomic mass is 9.96. The topological polar surface area (TPSA) is 105 Å². The van der Waals surface area contributed by atoms with Gasteiger partial charge in [0.1, 0.15) is 11.1 Å². The molecule has 1 aromatic carbocycles. The van der Waals surface area contributed by atoms with Gasteiger partial charge in [0.05, 0.1) is 21.8 Å². The van der Waals surface area contributed by atoms with Gasteiger partial charge in [0.25, 0.3) is 5.91 Å². The summed E-state index contributed by atoms with van der Waals surface area (Å²) >= 11 is 7.23. The number of nitrogens with two attached hydrogens (primary N) is 1. The molecule has 1 aliphatic carbocycles. The van der Waals surface area contributed by atoms with Crippen LogP contribution in [0.4, 0.5) is 10.7 Å². The minimum Gasteiger partial charge on any atom is -0.452 e. The van der Waals surface area contributed by atoms with Crippen LogP contribution in [0.2, 0.25) is 5.02 Å². The van der Waals surface area contributed by atoms with Crippen molar-refractivity contribution < 1.29 is 14.3 Å². The van der Waals surface area contributed by atoms with E-state index in [0.29, 0.717) is 15.6 Å². The number of benzene rings is 1. The highest BCUT2D eigenvalue weighted by molar-refractivity contribution is 7.16. The maximum absolute atomic E-state index is 12.1. The van der Waals surface area contributed by atoms with Crippen molar-refractivity contribution in [1.82, 2.24) is 0 Å². The zero-order valence-corrected chi connectivity index (χ0v) is 15.4. The fourth-order valence-electron chi connectivity index (χ4n) is 2.82. The van der Waals surface area contributed by atoms with Crippen LogP contribution < -0.4 is 11.1 Å². The zero-order chi connectivity index (χ0) is 18.7. The Kier molecular flexibility index (Phi) is 5.45. The number of thiophene rings is 1. The molecule has 2 aromatic rings. The highest BCUT2D eigenvalue weighted by Crippen LogP contribution is 2.37. The van der Waals surface area contributed by atoms with Crippen LogP contribution in [0.1, 0.15) is 39.2 Å². The molecule has 0 fully saturated rings. The van der Waals surface area contributed by atoms with Gasteiger partial charge in [0.2, 0.25) is 0 Å². The van der Waals surface area contributed by atoms with Crippen LogP contribution in [0.25, 0.3) is 0 Å². The van der Waals surface area contributed by atoms with Crippen molar-refractivity contribution in [3.05, 3.63) is 44.8 Å². The second kappa shape index (κ2) is 7.77. The fraction of sp³-hybridized carbons (Fsp3) is 0.278. The number of hydrogen-bond donors (Lipinski definition) is 2. The van der Waals surface area contributed by atoms with E-state index in [9.17, 15) is 14.9 Å². The second-order valence-corrected chi connectivity index (χ2v) is 7.40. The number of ether oxygens (including phenoxy) is 1. The Balaban J connectivity index is 1.63. The molecular formula is C18H16ClN3O3S. The van der Waals surface area contributed by atoms with Crippen LogP contribution in [-0.2, 0) is 22.4 Å². The number of nitrogens with zero attached hydrogens (tertiary/aromatic N) is 1. The van der Waals surface area contributed by atoms with Crippen molar-refractivity contribution in [2.45, 2.75) is 25.7 Å². The molecule has 0 saturated carbocycles. The highest BCUT2D eigenvalue weighted by atomic mass is 35.5. The molecule has 0 saturated heterocycles. The van der Waals surface area contributed by atoms with Crippen LogP contribution in [-0.4, -0.2) is 18.5 Å². The lowest BCUT2D eigenvalue weighted by Crippen LogP contribution is -2.21. The second-order valence-electron chi connectivity index (χ2n) is 5.89. The molecule has 6 nitrogen and oxygen atoms in total. The molecule has 3 N–H and O–H groups in total. The number of carbonyl (C=O) groups is 2. The van der Waals surface area contributed by atoms with E-state index in [4.69, 9.17) is 22.1 Å². The third-order valence-electron chi connectivity index (χ3n) is 4.10. The van der Waals surface area contributed by atoms with Gasteiger partial charge in [-0.3, -0.25) is 4.79 Å². The van der Waals surface area contributed by atoms with Crippen molar-refractivity contribution in [2.75, 3.05) is 17.7 Å².